The number of aryl methyl sites for hydroxylation is 2. The fraction of sp³-hybridized carbons (Fsp3) is 0.462. The van der Waals surface area contributed by atoms with Gasteiger partial charge in [0.15, 0.2) is 0 Å². The van der Waals surface area contributed by atoms with E-state index < -0.39 is 0 Å². The van der Waals surface area contributed by atoms with E-state index in [9.17, 15) is 4.79 Å². The zero-order chi connectivity index (χ0) is 21.8. The number of benzene rings is 2. The molecule has 1 unspecified atom stereocenters. The molecule has 1 aromatic heterocycles. The topological polar surface area (TPSA) is 56.1 Å². The molecule has 31 heavy (non-hydrogen) atoms. The quantitative estimate of drug-likeness (QED) is 0.551. The molecule has 0 radical (unpaired) electrons. The van der Waals surface area contributed by atoms with E-state index in [-0.39, 0.29) is 17.9 Å². The summed E-state index contributed by atoms with van der Waals surface area (Å²) in [6.07, 6.45) is 5.55. The van der Waals surface area contributed by atoms with Crippen LogP contribution in [-0.4, -0.2) is 22.1 Å². The number of amides is 1. The lowest BCUT2D eigenvalue weighted by Crippen LogP contribution is -2.35. The van der Waals surface area contributed by atoms with Crippen molar-refractivity contribution in [1.29, 1.82) is 0 Å². The highest BCUT2D eigenvalue weighted by Crippen LogP contribution is 2.26. The Hall–Kier alpha value is -2.82. The van der Waals surface area contributed by atoms with Crippen LogP contribution in [0.4, 0.5) is 0 Å². The third kappa shape index (κ3) is 4.76. The third-order valence-electron chi connectivity index (χ3n) is 6.38. The molecule has 0 aliphatic heterocycles. The van der Waals surface area contributed by atoms with Gasteiger partial charge in [-0.05, 0) is 56.9 Å². The van der Waals surface area contributed by atoms with Crippen LogP contribution in [0.1, 0.15) is 62.0 Å². The number of nitrogens with zero attached hydrogens (tertiary/aromatic N) is 2. The van der Waals surface area contributed by atoms with Gasteiger partial charge in [-0.25, -0.2) is 4.98 Å². The lowest BCUT2D eigenvalue weighted by Gasteiger charge is -2.23. The van der Waals surface area contributed by atoms with Gasteiger partial charge in [-0.1, -0.05) is 49.6 Å². The van der Waals surface area contributed by atoms with Crippen molar-refractivity contribution in [2.45, 2.75) is 65.5 Å². The Labute approximate surface area is 184 Å². The third-order valence-corrected chi connectivity index (χ3v) is 6.38. The number of para-hydroxylation sites is 3. The molecule has 164 valence electrons. The van der Waals surface area contributed by atoms with E-state index in [1.165, 1.54) is 6.42 Å². The molecule has 2 aromatic carbocycles. The number of imidazole rings is 1. The summed E-state index contributed by atoms with van der Waals surface area (Å²) < 4.78 is 8.35. The summed E-state index contributed by atoms with van der Waals surface area (Å²) in [5.74, 6) is 2.14. The first kappa shape index (κ1) is 21.4. The van der Waals surface area contributed by atoms with E-state index >= 15 is 0 Å². The van der Waals surface area contributed by atoms with Gasteiger partial charge < -0.3 is 14.6 Å². The van der Waals surface area contributed by atoms with Crippen LogP contribution in [0.2, 0.25) is 0 Å². The van der Waals surface area contributed by atoms with E-state index in [4.69, 9.17) is 9.72 Å². The van der Waals surface area contributed by atoms with Crippen LogP contribution in [0.5, 0.6) is 5.75 Å². The van der Waals surface area contributed by atoms with Gasteiger partial charge >= 0.3 is 0 Å². The summed E-state index contributed by atoms with van der Waals surface area (Å²) in [6.45, 7) is 7.40. The van der Waals surface area contributed by atoms with Gasteiger partial charge in [0.1, 0.15) is 18.2 Å². The summed E-state index contributed by atoms with van der Waals surface area (Å²) in [7, 11) is 0. The molecule has 4 rings (SSSR count). The number of hydrogen-bond acceptors (Lipinski definition) is 3. The lowest BCUT2D eigenvalue weighted by atomic mass is 9.88. The molecule has 0 spiro atoms. The number of aromatic nitrogens is 2. The summed E-state index contributed by atoms with van der Waals surface area (Å²) >= 11 is 0. The van der Waals surface area contributed by atoms with Gasteiger partial charge in [0.05, 0.1) is 23.6 Å². The van der Waals surface area contributed by atoms with Gasteiger partial charge in [0, 0.05) is 5.92 Å². The fourth-order valence-electron chi connectivity index (χ4n) is 4.69. The van der Waals surface area contributed by atoms with E-state index in [2.05, 4.69) is 48.0 Å². The van der Waals surface area contributed by atoms with Crippen molar-refractivity contribution in [3.05, 3.63) is 59.4 Å². The molecule has 5 heteroatoms. The molecule has 1 aliphatic carbocycles. The predicted octanol–water partition coefficient (Wildman–Crippen LogP) is 5.49. The Kier molecular flexibility index (Phi) is 6.59. The van der Waals surface area contributed by atoms with Crippen molar-refractivity contribution in [1.82, 2.24) is 14.9 Å². The molecule has 1 amide bonds. The number of carbonyl (C=O) groups is 1. The number of rotatable bonds is 7. The highest BCUT2D eigenvalue weighted by molar-refractivity contribution is 5.80. The van der Waals surface area contributed by atoms with Crippen molar-refractivity contribution in [2.24, 2.45) is 5.92 Å². The molecule has 5 nitrogen and oxygen atoms in total. The number of carbonyl (C=O) groups excluding carboxylic acids is 1. The number of ether oxygens (including phenoxy) is 1. The van der Waals surface area contributed by atoms with Crippen LogP contribution in [0, 0.1) is 19.8 Å². The number of nitrogens with one attached hydrogen (secondary N) is 1. The smallest absolute Gasteiger partial charge is 0.223 e. The Bertz CT molecular complexity index is 1030. The SMILES string of the molecule is Cc1cccc(C)c1OCCn1c(C(C)NC(=O)C2CCCCC2)nc2ccccc21. The van der Waals surface area contributed by atoms with Crippen molar-refractivity contribution in [3.63, 3.8) is 0 Å². The zero-order valence-corrected chi connectivity index (χ0v) is 18.9. The second kappa shape index (κ2) is 9.54. The van der Waals surface area contributed by atoms with Gasteiger partial charge in [-0.3, -0.25) is 4.79 Å². The van der Waals surface area contributed by atoms with E-state index in [1.54, 1.807) is 0 Å². The highest BCUT2D eigenvalue weighted by Gasteiger charge is 2.24. The molecule has 0 bridgehead atoms. The first-order valence-electron chi connectivity index (χ1n) is 11.5. The minimum absolute atomic E-state index is 0.140. The normalized spacial score (nSPS) is 15.7. The van der Waals surface area contributed by atoms with Crippen molar-refractivity contribution >= 4 is 16.9 Å². The number of hydrogen-bond donors (Lipinski definition) is 1. The van der Waals surface area contributed by atoms with Crippen LogP contribution in [-0.2, 0) is 11.3 Å². The molecule has 1 saturated carbocycles. The van der Waals surface area contributed by atoms with E-state index in [1.807, 2.05) is 25.1 Å². The minimum Gasteiger partial charge on any atom is -0.491 e. The maximum atomic E-state index is 12.8. The largest absolute Gasteiger partial charge is 0.491 e. The van der Waals surface area contributed by atoms with Crippen LogP contribution < -0.4 is 10.1 Å². The van der Waals surface area contributed by atoms with E-state index in [0.717, 1.165) is 59.4 Å². The second-order valence-electron chi connectivity index (χ2n) is 8.74. The van der Waals surface area contributed by atoms with Crippen LogP contribution >= 0.6 is 0 Å². The van der Waals surface area contributed by atoms with Gasteiger partial charge in [0.2, 0.25) is 5.91 Å². The van der Waals surface area contributed by atoms with Crippen LogP contribution in [0.3, 0.4) is 0 Å². The zero-order valence-electron chi connectivity index (χ0n) is 18.9. The Balaban J connectivity index is 1.52. The van der Waals surface area contributed by atoms with Gasteiger partial charge in [-0.2, -0.15) is 0 Å². The summed E-state index contributed by atoms with van der Waals surface area (Å²) in [6, 6.07) is 14.2. The Morgan fingerprint density at radius 1 is 1.10 bits per heavy atom. The maximum absolute atomic E-state index is 12.8. The molecule has 1 aliphatic rings. The van der Waals surface area contributed by atoms with Crippen molar-refractivity contribution < 1.29 is 9.53 Å². The summed E-state index contributed by atoms with van der Waals surface area (Å²) in [5.41, 5.74) is 4.30. The maximum Gasteiger partial charge on any atom is 0.223 e. The molecular weight excluding hydrogens is 386 g/mol. The summed E-state index contributed by atoms with van der Waals surface area (Å²) in [4.78, 5) is 17.7. The first-order chi connectivity index (χ1) is 15.0. The molecule has 1 fully saturated rings. The fourth-order valence-corrected chi connectivity index (χ4v) is 4.69. The molecule has 0 saturated heterocycles. The van der Waals surface area contributed by atoms with Crippen molar-refractivity contribution in [3.8, 4) is 5.75 Å². The average Bonchev–Trinajstić information content (AvgIpc) is 3.15. The average molecular weight is 420 g/mol. The van der Waals surface area contributed by atoms with Gasteiger partial charge in [-0.15, -0.1) is 0 Å². The monoisotopic (exact) mass is 419 g/mol. The molecule has 1 heterocycles. The molecular formula is C26H33N3O2. The Morgan fingerprint density at radius 2 is 1.81 bits per heavy atom. The standard InChI is InChI=1S/C26H33N3O2/c1-18-10-9-11-19(2)24(18)31-17-16-29-23-15-8-7-14-22(23)28-25(29)20(3)27-26(30)21-12-5-4-6-13-21/h7-11,14-15,20-21H,4-6,12-13,16-17H2,1-3H3,(H,27,30). The van der Waals surface area contributed by atoms with Gasteiger partial charge in [0.25, 0.3) is 0 Å². The first-order valence-corrected chi connectivity index (χ1v) is 11.5. The summed E-state index contributed by atoms with van der Waals surface area (Å²) in [5, 5.41) is 3.23. The minimum atomic E-state index is -0.151. The predicted molar refractivity (Wildman–Crippen MR) is 124 cm³/mol. The highest BCUT2D eigenvalue weighted by atomic mass is 16.5. The van der Waals surface area contributed by atoms with Crippen LogP contribution in [0.25, 0.3) is 11.0 Å². The lowest BCUT2D eigenvalue weighted by molar-refractivity contribution is -0.126. The van der Waals surface area contributed by atoms with E-state index in [0.29, 0.717) is 13.2 Å². The molecule has 3 aromatic rings. The van der Waals surface area contributed by atoms with Crippen molar-refractivity contribution in [2.75, 3.05) is 6.61 Å². The second-order valence-corrected chi connectivity index (χ2v) is 8.74. The molecule has 1 atom stereocenters. The number of fused-ring (bicyclic) bond motifs is 1. The Morgan fingerprint density at radius 3 is 2.55 bits per heavy atom. The van der Waals surface area contributed by atoms with Crippen LogP contribution in [0.15, 0.2) is 42.5 Å². The molecule has 1 N–H and O–H groups in total.